The normalized spacial score (nSPS) is 14.2. The third-order valence-corrected chi connectivity index (χ3v) is 5.02. The highest BCUT2D eigenvalue weighted by atomic mass is 16.5. The van der Waals surface area contributed by atoms with Crippen molar-refractivity contribution in [1.29, 1.82) is 0 Å². The van der Waals surface area contributed by atoms with E-state index in [1.54, 1.807) is 17.8 Å². The first-order valence-corrected chi connectivity index (χ1v) is 9.29. The molecule has 7 nitrogen and oxygen atoms in total. The minimum Gasteiger partial charge on any atom is -0.378 e. The summed E-state index contributed by atoms with van der Waals surface area (Å²) < 4.78 is 6.95. The van der Waals surface area contributed by atoms with Crippen molar-refractivity contribution in [2.75, 3.05) is 31.2 Å². The molecule has 1 aromatic carbocycles. The number of hydrogen-bond donors (Lipinski definition) is 1. The van der Waals surface area contributed by atoms with E-state index in [-0.39, 0.29) is 11.5 Å². The standard InChI is InChI=1S/C21H22N4O3/c1-24-18-7-3-2-6-16(18)17(13-19(24)26)21(27)23-14-15-5-4-8-22-20(15)25-9-11-28-12-10-25/h2-8,13H,9-12,14H2,1H3,(H,23,27). The van der Waals surface area contributed by atoms with Crippen molar-refractivity contribution in [3.63, 3.8) is 0 Å². The Labute approximate surface area is 162 Å². The van der Waals surface area contributed by atoms with Crippen LogP contribution in [-0.4, -0.2) is 41.8 Å². The summed E-state index contributed by atoms with van der Waals surface area (Å²) in [6.07, 6.45) is 1.75. The zero-order valence-corrected chi connectivity index (χ0v) is 15.7. The van der Waals surface area contributed by atoms with Gasteiger partial charge in [0.2, 0.25) is 0 Å². The fraction of sp³-hybridized carbons (Fsp3) is 0.286. The van der Waals surface area contributed by atoms with E-state index in [1.807, 2.05) is 36.4 Å². The summed E-state index contributed by atoms with van der Waals surface area (Å²) in [5.41, 5.74) is 1.84. The van der Waals surface area contributed by atoms with Crippen molar-refractivity contribution in [2.24, 2.45) is 7.05 Å². The third-order valence-electron chi connectivity index (χ3n) is 5.02. The number of aromatic nitrogens is 2. The number of carbonyl (C=O) groups is 1. The monoisotopic (exact) mass is 378 g/mol. The number of pyridine rings is 2. The lowest BCUT2D eigenvalue weighted by atomic mass is 10.1. The van der Waals surface area contributed by atoms with Gasteiger partial charge < -0.3 is 19.5 Å². The van der Waals surface area contributed by atoms with Gasteiger partial charge in [-0.3, -0.25) is 9.59 Å². The molecule has 1 amide bonds. The number of para-hydroxylation sites is 1. The smallest absolute Gasteiger partial charge is 0.252 e. The van der Waals surface area contributed by atoms with Crippen LogP contribution in [0.5, 0.6) is 0 Å². The largest absolute Gasteiger partial charge is 0.378 e. The van der Waals surface area contributed by atoms with E-state index in [0.29, 0.717) is 25.3 Å². The van der Waals surface area contributed by atoms with Gasteiger partial charge in [0.15, 0.2) is 0 Å². The molecular formula is C21H22N4O3. The maximum Gasteiger partial charge on any atom is 0.252 e. The van der Waals surface area contributed by atoms with E-state index in [4.69, 9.17) is 4.74 Å². The molecule has 0 saturated carbocycles. The Hall–Kier alpha value is -3.19. The van der Waals surface area contributed by atoms with E-state index in [2.05, 4.69) is 15.2 Å². The van der Waals surface area contributed by atoms with Crippen LogP contribution < -0.4 is 15.8 Å². The average molecular weight is 378 g/mol. The molecule has 0 spiro atoms. The molecule has 3 aromatic rings. The number of carbonyl (C=O) groups excluding carboxylic acids is 1. The number of amides is 1. The molecule has 1 fully saturated rings. The van der Waals surface area contributed by atoms with Crippen LogP contribution in [-0.2, 0) is 18.3 Å². The van der Waals surface area contributed by atoms with Crippen LogP contribution in [0.1, 0.15) is 15.9 Å². The summed E-state index contributed by atoms with van der Waals surface area (Å²) in [6, 6.07) is 12.6. The van der Waals surface area contributed by atoms with E-state index in [1.165, 1.54) is 6.07 Å². The summed E-state index contributed by atoms with van der Waals surface area (Å²) in [6.45, 7) is 3.22. The van der Waals surface area contributed by atoms with E-state index in [0.717, 1.165) is 35.4 Å². The highest BCUT2D eigenvalue weighted by molar-refractivity contribution is 6.06. The second-order valence-electron chi connectivity index (χ2n) is 6.74. The van der Waals surface area contributed by atoms with Gasteiger partial charge in [-0.15, -0.1) is 0 Å². The second-order valence-corrected chi connectivity index (χ2v) is 6.74. The second kappa shape index (κ2) is 7.82. The highest BCUT2D eigenvalue weighted by Crippen LogP contribution is 2.19. The maximum atomic E-state index is 12.9. The molecule has 0 aliphatic carbocycles. The van der Waals surface area contributed by atoms with Crippen LogP contribution in [0.2, 0.25) is 0 Å². The first kappa shape index (κ1) is 18.2. The first-order chi connectivity index (χ1) is 13.6. The average Bonchev–Trinajstić information content (AvgIpc) is 2.75. The minimum absolute atomic E-state index is 0.209. The summed E-state index contributed by atoms with van der Waals surface area (Å²) in [7, 11) is 1.70. The SMILES string of the molecule is Cn1c(=O)cc(C(=O)NCc2cccnc2N2CCOCC2)c2ccccc21. The molecule has 0 bridgehead atoms. The molecule has 1 saturated heterocycles. The van der Waals surface area contributed by atoms with Gasteiger partial charge in [-0.05, 0) is 12.1 Å². The van der Waals surface area contributed by atoms with Gasteiger partial charge in [0.05, 0.1) is 24.3 Å². The van der Waals surface area contributed by atoms with Crippen LogP contribution in [0, 0.1) is 0 Å². The van der Waals surface area contributed by atoms with Crippen LogP contribution in [0.15, 0.2) is 53.5 Å². The van der Waals surface area contributed by atoms with Gasteiger partial charge >= 0.3 is 0 Å². The number of morpholine rings is 1. The Morgan fingerprint density at radius 2 is 1.96 bits per heavy atom. The third kappa shape index (κ3) is 3.48. The molecule has 0 radical (unpaired) electrons. The quantitative estimate of drug-likeness (QED) is 0.748. The number of nitrogens with zero attached hydrogens (tertiary/aromatic N) is 3. The zero-order chi connectivity index (χ0) is 19.5. The fourth-order valence-electron chi connectivity index (χ4n) is 3.50. The Kier molecular flexibility index (Phi) is 5.08. The predicted octanol–water partition coefficient (Wildman–Crippen LogP) is 1.70. The van der Waals surface area contributed by atoms with Crippen LogP contribution >= 0.6 is 0 Å². The maximum absolute atomic E-state index is 12.9. The Balaban J connectivity index is 1.59. The highest BCUT2D eigenvalue weighted by Gasteiger charge is 2.17. The van der Waals surface area contributed by atoms with Crippen LogP contribution in [0.3, 0.4) is 0 Å². The number of rotatable bonds is 4. The van der Waals surface area contributed by atoms with E-state index < -0.39 is 0 Å². The number of nitrogens with one attached hydrogen (secondary N) is 1. The molecule has 1 aliphatic rings. The molecule has 2 aromatic heterocycles. The number of anilines is 1. The Morgan fingerprint density at radius 1 is 1.18 bits per heavy atom. The van der Waals surface area contributed by atoms with Gasteiger partial charge in [0.25, 0.3) is 11.5 Å². The van der Waals surface area contributed by atoms with Gasteiger partial charge in [-0.25, -0.2) is 4.98 Å². The Morgan fingerprint density at radius 3 is 2.79 bits per heavy atom. The number of aryl methyl sites for hydroxylation is 1. The molecular weight excluding hydrogens is 356 g/mol. The number of ether oxygens (including phenoxy) is 1. The van der Waals surface area contributed by atoms with Crippen molar-refractivity contribution < 1.29 is 9.53 Å². The van der Waals surface area contributed by atoms with Crippen LogP contribution in [0.4, 0.5) is 5.82 Å². The zero-order valence-electron chi connectivity index (χ0n) is 15.7. The molecule has 7 heteroatoms. The number of hydrogen-bond acceptors (Lipinski definition) is 5. The van der Waals surface area contributed by atoms with Crippen molar-refractivity contribution in [2.45, 2.75) is 6.54 Å². The van der Waals surface area contributed by atoms with Gasteiger partial charge in [0.1, 0.15) is 5.82 Å². The first-order valence-electron chi connectivity index (χ1n) is 9.29. The van der Waals surface area contributed by atoms with E-state index in [9.17, 15) is 9.59 Å². The van der Waals surface area contributed by atoms with Crippen molar-refractivity contribution >= 4 is 22.6 Å². The fourth-order valence-corrected chi connectivity index (χ4v) is 3.50. The number of benzene rings is 1. The summed E-state index contributed by atoms with van der Waals surface area (Å²) >= 11 is 0. The van der Waals surface area contributed by atoms with E-state index >= 15 is 0 Å². The molecule has 0 unspecified atom stereocenters. The van der Waals surface area contributed by atoms with Crippen LogP contribution in [0.25, 0.3) is 10.9 Å². The molecule has 4 rings (SSSR count). The van der Waals surface area contributed by atoms with Gasteiger partial charge in [-0.2, -0.15) is 0 Å². The summed E-state index contributed by atoms with van der Waals surface area (Å²) in [4.78, 5) is 31.8. The summed E-state index contributed by atoms with van der Waals surface area (Å²) in [5.74, 6) is 0.589. The molecule has 144 valence electrons. The molecule has 3 heterocycles. The predicted molar refractivity (Wildman–Crippen MR) is 108 cm³/mol. The lowest BCUT2D eigenvalue weighted by Crippen LogP contribution is -2.38. The molecule has 1 N–H and O–H groups in total. The van der Waals surface area contributed by atoms with Gasteiger partial charge in [-0.1, -0.05) is 24.3 Å². The molecule has 1 aliphatic heterocycles. The molecule has 0 atom stereocenters. The van der Waals surface area contributed by atoms with Crippen molar-refractivity contribution in [3.05, 3.63) is 70.1 Å². The summed E-state index contributed by atoms with van der Waals surface area (Å²) in [5, 5.41) is 3.70. The lowest BCUT2D eigenvalue weighted by Gasteiger charge is -2.29. The minimum atomic E-state index is -0.273. The topological polar surface area (TPSA) is 76.5 Å². The number of fused-ring (bicyclic) bond motifs is 1. The Bertz CT molecular complexity index is 1070. The lowest BCUT2D eigenvalue weighted by molar-refractivity contribution is 0.0952. The molecule has 28 heavy (non-hydrogen) atoms. The van der Waals surface area contributed by atoms with Crippen molar-refractivity contribution in [1.82, 2.24) is 14.9 Å². The van der Waals surface area contributed by atoms with Gasteiger partial charge in [0, 0.05) is 49.9 Å². The van der Waals surface area contributed by atoms with Crippen molar-refractivity contribution in [3.8, 4) is 0 Å².